The minimum atomic E-state index is -0.433. The number of aliphatic imine (C=N–C) groups is 1. The number of rotatable bonds is 3. The van der Waals surface area contributed by atoms with Crippen LogP contribution in [0.25, 0.3) is 0 Å². The van der Waals surface area contributed by atoms with Crippen molar-refractivity contribution in [2.75, 3.05) is 7.11 Å². The number of hydrogen-bond donors (Lipinski definition) is 1. The zero-order valence-electron chi connectivity index (χ0n) is 10.2. The highest BCUT2D eigenvalue weighted by Gasteiger charge is 2.46. The molecule has 4 heteroatoms. The maximum absolute atomic E-state index is 10.5. The smallest absolute Gasteiger partial charge is 0.235 e. The number of aromatic hydroxyl groups is 1. The van der Waals surface area contributed by atoms with Crippen LogP contribution in [0, 0.1) is 13.8 Å². The molecule has 0 atom stereocenters. The van der Waals surface area contributed by atoms with Crippen molar-refractivity contribution >= 4 is 6.08 Å². The van der Waals surface area contributed by atoms with Crippen LogP contribution in [-0.2, 0) is 10.3 Å². The van der Waals surface area contributed by atoms with Crippen molar-refractivity contribution in [2.45, 2.75) is 32.2 Å². The van der Waals surface area contributed by atoms with Gasteiger partial charge in [0.2, 0.25) is 6.08 Å². The van der Waals surface area contributed by atoms with Gasteiger partial charge in [-0.2, -0.15) is 4.99 Å². The van der Waals surface area contributed by atoms with E-state index < -0.39 is 5.54 Å². The van der Waals surface area contributed by atoms with E-state index in [-0.39, 0.29) is 5.75 Å². The van der Waals surface area contributed by atoms with Gasteiger partial charge in [0.05, 0.1) is 12.6 Å². The molecule has 17 heavy (non-hydrogen) atoms. The van der Waals surface area contributed by atoms with Crippen LogP contribution in [0.5, 0.6) is 11.5 Å². The van der Waals surface area contributed by atoms with Crippen LogP contribution in [-0.4, -0.2) is 18.3 Å². The van der Waals surface area contributed by atoms with Gasteiger partial charge in [-0.25, -0.2) is 4.79 Å². The Hall–Kier alpha value is -1.80. The van der Waals surface area contributed by atoms with Crippen LogP contribution in [0.15, 0.2) is 11.1 Å². The lowest BCUT2D eigenvalue weighted by Gasteiger charge is -2.17. The molecule has 1 aromatic carbocycles. The molecule has 1 aliphatic rings. The predicted molar refractivity (Wildman–Crippen MR) is 63.2 cm³/mol. The van der Waals surface area contributed by atoms with Gasteiger partial charge in [-0.15, -0.1) is 0 Å². The van der Waals surface area contributed by atoms with Crippen LogP contribution < -0.4 is 4.74 Å². The third-order valence-corrected chi connectivity index (χ3v) is 3.54. The summed E-state index contributed by atoms with van der Waals surface area (Å²) in [7, 11) is 1.51. The zero-order valence-corrected chi connectivity index (χ0v) is 10.2. The van der Waals surface area contributed by atoms with Crippen LogP contribution in [0.2, 0.25) is 0 Å². The molecule has 1 fully saturated rings. The van der Waals surface area contributed by atoms with E-state index >= 15 is 0 Å². The molecule has 4 nitrogen and oxygen atoms in total. The average molecular weight is 233 g/mol. The summed E-state index contributed by atoms with van der Waals surface area (Å²) >= 11 is 0. The molecule has 0 unspecified atom stereocenters. The lowest BCUT2D eigenvalue weighted by atomic mass is 9.94. The summed E-state index contributed by atoms with van der Waals surface area (Å²) in [4.78, 5) is 14.4. The maximum atomic E-state index is 10.5. The first kappa shape index (κ1) is 11.7. The van der Waals surface area contributed by atoms with Gasteiger partial charge in [0.25, 0.3) is 0 Å². The topological polar surface area (TPSA) is 58.9 Å². The molecule has 0 radical (unpaired) electrons. The van der Waals surface area contributed by atoms with Crippen LogP contribution in [0.3, 0.4) is 0 Å². The van der Waals surface area contributed by atoms with E-state index in [1.165, 1.54) is 7.11 Å². The molecule has 1 aliphatic carbocycles. The monoisotopic (exact) mass is 233 g/mol. The number of isocyanates is 1. The minimum absolute atomic E-state index is 0.152. The number of methoxy groups -OCH3 is 1. The number of hydrogen-bond acceptors (Lipinski definition) is 4. The Morgan fingerprint density at radius 3 is 2.53 bits per heavy atom. The highest BCUT2D eigenvalue weighted by atomic mass is 16.5. The second kappa shape index (κ2) is 3.90. The Bertz CT molecular complexity index is 512. The van der Waals surface area contributed by atoms with Crippen LogP contribution in [0.4, 0.5) is 0 Å². The Kier molecular flexibility index (Phi) is 2.68. The quantitative estimate of drug-likeness (QED) is 0.644. The van der Waals surface area contributed by atoms with Crippen molar-refractivity contribution in [3.8, 4) is 11.5 Å². The van der Waals surface area contributed by atoms with Crippen molar-refractivity contribution in [1.29, 1.82) is 0 Å². The summed E-state index contributed by atoms with van der Waals surface area (Å²) in [6.07, 6.45) is 3.33. The fraction of sp³-hybridized carbons (Fsp3) is 0.462. The van der Waals surface area contributed by atoms with E-state index in [0.29, 0.717) is 5.75 Å². The largest absolute Gasteiger partial charge is 0.504 e. The van der Waals surface area contributed by atoms with Gasteiger partial charge >= 0.3 is 0 Å². The standard InChI is InChI=1S/C13H15NO3/c1-8-9(2)12(16)11(17-3)6-10(8)13(4-5-13)14-7-15/h6,16H,4-5H2,1-3H3. The molecule has 0 amide bonds. The van der Waals surface area contributed by atoms with Crippen LogP contribution >= 0.6 is 0 Å². The van der Waals surface area contributed by atoms with Crippen molar-refractivity contribution < 1.29 is 14.6 Å². The summed E-state index contributed by atoms with van der Waals surface area (Å²) < 4.78 is 5.13. The highest BCUT2D eigenvalue weighted by molar-refractivity contribution is 5.56. The van der Waals surface area contributed by atoms with Gasteiger partial charge in [0.1, 0.15) is 0 Å². The summed E-state index contributed by atoms with van der Waals surface area (Å²) in [6.45, 7) is 3.75. The average Bonchev–Trinajstić information content (AvgIpc) is 3.08. The zero-order chi connectivity index (χ0) is 12.6. The first-order chi connectivity index (χ1) is 8.05. The molecule has 1 N–H and O–H groups in total. The molecule has 2 rings (SSSR count). The number of benzene rings is 1. The molecule has 0 heterocycles. The van der Waals surface area contributed by atoms with Crippen molar-refractivity contribution in [3.05, 3.63) is 22.8 Å². The van der Waals surface area contributed by atoms with Gasteiger partial charge < -0.3 is 9.84 Å². The molecule has 0 saturated heterocycles. The third kappa shape index (κ3) is 1.71. The summed E-state index contributed by atoms with van der Waals surface area (Å²) in [6, 6.07) is 1.77. The number of carbonyl (C=O) groups excluding carboxylic acids is 1. The normalized spacial score (nSPS) is 16.2. The molecular formula is C13H15NO3. The van der Waals surface area contributed by atoms with Crippen LogP contribution in [0.1, 0.15) is 29.5 Å². The number of phenolic OH excluding ortho intramolecular Hbond substituents is 1. The fourth-order valence-corrected chi connectivity index (χ4v) is 2.16. The number of ether oxygens (including phenoxy) is 1. The molecular weight excluding hydrogens is 218 g/mol. The summed E-state index contributed by atoms with van der Waals surface area (Å²) in [5, 5.41) is 9.89. The second-order valence-corrected chi connectivity index (χ2v) is 4.46. The van der Waals surface area contributed by atoms with Gasteiger partial charge in [-0.05, 0) is 49.4 Å². The van der Waals surface area contributed by atoms with Crippen molar-refractivity contribution in [1.82, 2.24) is 0 Å². The van der Waals surface area contributed by atoms with Gasteiger partial charge in [0, 0.05) is 0 Å². The Labute approximate surface area is 99.9 Å². The minimum Gasteiger partial charge on any atom is -0.504 e. The van der Waals surface area contributed by atoms with E-state index in [1.54, 1.807) is 12.1 Å². The molecule has 1 saturated carbocycles. The molecule has 0 aromatic heterocycles. The van der Waals surface area contributed by atoms with Gasteiger partial charge in [0.15, 0.2) is 11.5 Å². The maximum Gasteiger partial charge on any atom is 0.235 e. The van der Waals surface area contributed by atoms with Gasteiger partial charge in [-0.3, -0.25) is 0 Å². The van der Waals surface area contributed by atoms with E-state index in [9.17, 15) is 9.90 Å². The molecule has 0 aliphatic heterocycles. The second-order valence-electron chi connectivity index (χ2n) is 4.46. The highest BCUT2D eigenvalue weighted by Crippen LogP contribution is 2.52. The van der Waals surface area contributed by atoms with E-state index in [2.05, 4.69) is 4.99 Å². The molecule has 0 bridgehead atoms. The Morgan fingerprint density at radius 1 is 1.41 bits per heavy atom. The Morgan fingerprint density at radius 2 is 2.06 bits per heavy atom. The first-order valence-corrected chi connectivity index (χ1v) is 5.52. The number of phenols is 1. The molecule has 0 spiro atoms. The van der Waals surface area contributed by atoms with E-state index in [1.807, 2.05) is 13.8 Å². The van der Waals surface area contributed by atoms with Gasteiger partial charge in [-0.1, -0.05) is 0 Å². The van der Waals surface area contributed by atoms with E-state index in [4.69, 9.17) is 4.74 Å². The Balaban J connectivity index is 2.63. The lowest BCUT2D eigenvalue weighted by molar-refractivity contribution is 0.370. The molecule has 90 valence electrons. The fourth-order valence-electron chi connectivity index (χ4n) is 2.16. The first-order valence-electron chi connectivity index (χ1n) is 5.52. The predicted octanol–water partition coefficient (Wildman–Crippen LogP) is 2.34. The van der Waals surface area contributed by atoms with E-state index in [0.717, 1.165) is 29.5 Å². The van der Waals surface area contributed by atoms with Crippen molar-refractivity contribution in [2.24, 2.45) is 4.99 Å². The molecule has 1 aromatic rings. The van der Waals surface area contributed by atoms with Crippen molar-refractivity contribution in [3.63, 3.8) is 0 Å². The third-order valence-electron chi connectivity index (χ3n) is 3.54. The summed E-state index contributed by atoms with van der Waals surface area (Å²) in [5.41, 5.74) is 2.25. The lowest BCUT2D eigenvalue weighted by Crippen LogP contribution is -2.07. The summed E-state index contributed by atoms with van der Waals surface area (Å²) in [5.74, 6) is 0.579. The number of nitrogens with zero attached hydrogens (tertiary/aromatic N) is 1. The SMILES string of the molecule is COc1cc(C2(N=C=O)CC2)c(C)c(C)c1O.